The summed E-state index contributed by atoms with van der Waals surface area (Å²) in [5, 5.41) is 23.0. The SMILES string of the molecule is O=C(NN(C(=O)c1cccc([N+](=O)[O-])c1Br)c1ccc([N+](=O)[O-])cc1)c1ccccc1. The maximum atomic E-state index is 13.3. The van der Waals surface area contributed by atoms with Crippen LogP contribution >= 0.6 is 15.9 Å². The van der Waals surface area contributed by atoms with E-state index in [0.717, 1.165) is 5.01 Å². The van der Waals surface area contributed by atoms with Crippen molar-refractivity contribution in [2.45, 2.75) is 0 Å². The predicted molar refractivity (Wildman–Crippen MR) is 115 cm³/mol. The van der Waals surface area contributed by atoms with Gasteiger partial charge in [-0.1, -0.05) is 24.3 Å². The first kappa shape index (κ1) is 21.6. The van der Waals surface area contributed by atoms with Gasteiger partial charge in [-0.15, -0.1) is 0 Å². The van der Waals surface area contributed by atoms with Crippen molar-refractivity contribution in [2.24, 2.45) is 0 Å². The average molecular weight is 485 g/mol. The summed E-state index contributed by atoms with van der Waals surface area (Å²) in [4.78, 5) is 46.8. The van der Waals surface area contributed by atoms with Gasteiger partial charge in [-0.3, -0.25) is 35.2 Å². The minimum atomic E-state index is -0.784. The zero-order valence-electron chi connectivity index (χ0n) is 15.6. The normalized spacial score (nSPS) is 10.2. The van der Waals surface area contributed by atoms with Gasteiger partial charge in [-0.2, -0.15) is 0 Å². The first-order valence-corrected chi connectivity index (χ1v) is 9.46. The van der Waals surface area contributed by atoms with E-state index in [1.807, 2.05) is 0 Å². The summed E-state index contributed by atoms with van der Waals surface area (Å²) >= 11 is 3.07. The van der Waals surface area contributed by atoms with Crippen molar-refractivity contribution < 1.29 is 19.4 Å². The molecule has 10 nitrogen and oxygen atoms in total. The number of carbonyl (C=O) groups excluding carboxylic acids is 2. The number of anilines is 1. The molecule has 0 heterocycles. The van der Waals surface area contributed by atoms with Crippen LogP contribution in [-0.2, 0) is 0 Å². The molecule has 2 amide bonds. The molecule has 0 aliphatic heterocycles. The van der Waals surface area contributed by atoms with Gasteiger partial charge >= 0.3 is 0 Å². The molecule has 0 saturated carbocycles. The molecule has 0 saturated heterocycles. The number of nitro groups is 2. The fraction of sp³-hybridized carbons (Fsp3) is 0. The van der Waals surface area contributed by atoms with Crippen LogP contribution in [0.25, 0.3) is 0 Å². The molecular formula is C20H13BrN4O6. The molecule has 0 radical (unpaired) electrons. The van der Waals surface area contributed by atoms with Crippen molar-refractivity contribution in [2.75, 3.05) is 5.01 Å². The summed E-state index contributed by atoms with van der Waals surface area (Å²) in [5.41, 5.74) is 2.23. The van der Waals surface area contributed by atoms with E-state index in [1.54, 1.807) is 18.2 Å². The number of nitrogens with one attached hydrogen (secondary N) is 1. The molecule has 0 aliphatic rings. The third-order valence-corrected chi connectivity index (χ3v) is 5.01. The molecule has 3 rings (SSSR count). The van der Waals surface area contributed by atoms with Gasteiger partial charge in [0.1, 0.15) is 4.47 Å². The number of hydrogen-bond donors (Lipinski definition) is 1. The van der Waals surface area contributed by atoms with Gasteiger partial charge in [0, 0.05) is 23.8 Å². The summed E-state index contributed by atoms with van der Waals surface area (Å²) < 4.78 is -0.0640. The number of hydrogen-bond acceptors (Lipinski definition) is 6. The monoisotopic (exact) mass is 484 g/mol. The van der Waals surface area contributed by atoms with Crippen molar-refractivity contribution in [1.29, 1.82) is 0 Å². The van der Waals surface area contributed by atoms with Crippen LogP contribution < -0.4 is 10.4 Å². The Morgan fingerprint density at radius 1 is 0.839 bits per heavy atom. The number of halogens is 1. The van der Waals surface area contributed by atoms with Gasteiger partial charge in [0.05, 0.1) is 21.1 Å². The number of non-ortho nitro benzene ring substituents is 1. The van der Waals surface area contributed by atoms with Gasteiger partial charge < -0.3 is 0 Å². The smallest absolute Gasteiger partial charge is 0.267 e. The van der Waals surface area contributed by atoms with E-state index in [-0.39, 0.29) is 32.7 Å². The second-order valence-electron chi connectivity index (χ2n) is 6.12. The topological polar surface area (TPSA) is 136 Å². The van der Waals surface area contributed by atoms with E-state index >= 15 is 0 Å². The second-order valence-corrected chi connectivity index (χ2v) is 6.91. The molecule has 0 fully saturated rings. The van der Waals surface area contributed by atoms with E-state index in [4.69, 9.17) is 0 Å². The molecule has 156 valence electrons. The van der Waals surface area contributed by atoms with Gasteiger partial charge in [0.2, 0.25) is 0 Å². The lowest BCUT2D eigenvalue weighted by Gasteiger charge is -2.24. The fourth-order valence-corrected chi connectivity index (χ4v) is 3.24. The summed E-state index contributed by atoms with van der Waals surface area (Å²) in [5.74, 6) is -1.40. The van der Waals surface area contributed by atoms with Crippen LogP contribution in [0.15, 0.2) is 77.3 Å². The maximum Gasteiger partial charge on any atom is 0.284 e. The number of amides is 2. The third kappa shape index (κ3) is 4.73. The maximum absolute atomic E-state index is 13.3. The largest absolute Gasteiger partial charge is 0.284 e. The van der Waals surface area contributed by atoms with Crippen LogP contribution in [0, 0.1) is 20.2 Å². The number of carbonyl (C=O) groups is 2. The van der Waals surface area contributed by atoms with Crippen molar-refractivity contribution in [3.05, 3.63) is 109 Å². The molecular weight excluding hydrogens is 472 g/mol. The Labute approximate surface area is 183 Å². The van der Waals surface area contributed by atoms with Crippen LogP contribution in [0.5, 0.6) is 0 Å². The van der Waals surface area contributed by atoms with E-state index in [2.05, 4.69) is 21.4 Å². The van der Waals surface area contributed by atoms with Crippen LogP contribution in [0.4, 0.5) is 17.1 Å². The zero-order chi connectivity index (χ0) is 22.5. The lowest BCUT2D eigenvalue weighted by atomic mass is 10.1. The van der Waals surface area contributed by atoms with E-state index in [9.17, 15) is 29.8 Å². The number of rotatable bonds is 5. The Kier molecular flexibility index (Phi) is 6.36. The number of hydrazine groups is 1. The van der Waals surface area contributed by atoms with Gasteiger partial charge in [-0.25, -0.2) is 5.01 Å². The van der Waals surface area contributed by atoms with Crippen molar-refractivity contribution in [3.63, 3.8) is 0 Å². The highest BCUT2D eigenvalue weighted by atomic mass is 79.9. The van der Waals surface area contributed by atoms with Crippen LogP contribution in [-0.4, -0.2) is 21.7 Å². The Balaban J connectivity index is 2.04. The van der Waals surface area contributed by atoms with Gasteiger partial charge in [-0.05, 0) is 46.3 Å². The van der Waals surface area contributed by atoms with E-state index in [0.29, 0.717) is 0 Å². The first-order chi connectivity index (χ1) is 14.8. The van der Waals surface area contributed by atoms with Crippen LogP contribution in [0.2, 0.25) is 0 Å². The molecule has 3 aromatic rings. The van der Waals surface area contributed by atoms with E-state index < -0.39 is 21.7 Å². The second kappa shape index (κ2) is 9.13. The third-order valence-electron chi connectivity index (χ3n) is 4.18. The Morgan fingerprint density at radius 2 is 1.48 bits per heavy atom. The predicted octanol–water partition coefficient (Wildman–Crippen LogP) is 4.26. The molecule has 0 atom stereocenters. The summed E-state index contributed by atoms with van der Waals surface area (Å²) in [6, 6.07) is 16.9. The first-order valence-electron chi connectivity index (χ1n) is 8.67. The lowest BCUT2D eigenvalue weighted by molar-refractivity contribution is -0.385. The van der Waals surface area contributed by atoms with Crippen LogP contribution in [0.1, 0.15) is 20.7 Å². The Bertz CT molecular complexity index is 1170. The minimum Gasteiger partial charge on any atom is -0.267 e. The van der Waals surface area contributed by atoms with Crippen molar-refractivity contribution >= 4 is 44.8 Å². The molecule has 0 bridgehead atoms. The van der Waals surface area contributed by atoms with Crippen molar-refractivity contribution in [3.8, 4) is 0 Å². The molecule has 0 unspecified atom stereocenters. The number of nitro benzene ring substituents is 2. The summed E-state index contributed by atoms with van der Waals surface area (Å²) in [7, 11) is 0. The molecule has 31 heavy (non-hydrogen) atoms. The average Bonchev–Trinajstić information content (AvgIpc) is 2.77. The quantitative estimate of drug-likeness (QED) is 0.424. The zero-order valence-corrected chi connectivity index (χ0v) is 17.2. The minimum absolute atomic E-state index is 0.0640. The van der Waals surface area contributed by atoms with Gasteiger partial charge in [0.15, 0.2) is 0 Å². The molecule has 0 aliphatic carbocycles. The molecule has 1 N–H and O–H groups in total. The number of benzene rings is 3. The Hall–Kier alpha value is -4.12. The highest BCUT2D eigenvalue weighted by Crippen LogP contribution is 2.30. The lowest BCUT2D eigenvalue weighted by Crippen LogP contribution is -2.46. The summed E-state index contributed by atoms with van der Waals surface area (Å²) in [6.07, 6.45) is 0. The molecule has 11 heteroatoms. The summed E-state index contributed by atoms with van der Waals surface area (Å²) in [6.45, 7) is 0. The standard InChI is InChI=1S/C20H13BrN4O6/c21-18-16(7-4-8-17(18)25(30)31)20(27)23(14-9-11-15(12-10-14)24(28)29)22-19(26)13-5-2-1-3-6-13/h1-12H,(H,22,26). The van der Waals surface area contributed by atoms with Gasteiger partial charge in [0.25, 0.3) is 23.2 Å². The van der Waals surface area contributed by atoms with Crippen LogP contribution in [0.3, 0.4) is 0 Å². The molecule has 3 aromatic carbocycles. The fourth-order valence-electron chi connectivity index (χ4n) is 2.66. The van der Waals surface area contributed by atoms with Crippen molar-refractivity contribution in [1.82, 2.24) is 5.43 Å². The highest BCUT2D eigenvalue weighted by Gasteiger charge is 2.26. The molecule has 0 aromatic heterocycles. The highest BCUT2D eigenvalue weighted by molar-refractivity contribution is 9.10. The number of nitrogens with zero attached hydrogens (tertiary/aromatic N) is 3. The Morgan fingerprint density at radius 3 is 2.06 bits per heavy atom. The molecule has 0 spiro atoms. The van der Waals surface area contributed by atoms with E-state index in [1.165, 1.54) is 54.6 Å².